The SMILES string of the molecule is FC(F)(F)c1ccccc1-n1nc[c]c1C(F)(F)F. The van der Waals surface area contributed by atoms with Crippen molar-refractivity contribution in [2.75, 3.05) is 0 Å². The van der Waals surface area contributed by atoms with Crippen molar-refractivity contribution in [3.05, 3.63) is 47.8 Å². The van der Waals surface area contributed by atoms with Gasteiger partial charge in [0, 0.05) is 6.07 Å². The van der Waals surface area contributed by atoms with Crippen LogP contribution < -0.4 is 0 Å². The lowest BCUT2D eigenvalue weighted by atomic mass is 10.1. The van der Waals surface area contributed by atoms with Gasteiger partial charge in [-0.15, -0.1) is 0 Å². The van der Waals surface area contributed by atoms with Crippen molar-refractivity contribution in [3.63, 3.8) is 0 Å². The molecule has 0 bridgehead atoms. The van der Waals surface area contributed by atoms with Crippen LogP contribution in [-0.2, 0) is 12.4 Å². The molecule has 1 aromatic heterocycles. The van der Waals surface area contributed by atoms with E-state index in [1.165, 1.54) is 6.07 Å². The standard InChI is InChI=1S/C11H5F6N2/c12-10(13,14)7-3-1-2-4-8(7)19-9(5-6-18-19)11(15,16)17/h1-4,6H. The molecule has 1 heterocycles. The minimum absolute atomic E-state index is 0.183. The van der Waals surface area contributed by atoms with E-state index in [0.717, 1.165) is 12.1 Å². The van der Waals surface area contributed by atoms with Crippen LogP contribution in [0, 0.1) is 6.07 Å². The number of aromatic nitrogens is 2. The molecule has 1 aromatic carbocycles. The number of hydrogen-bond acceptors (Lipinski definition) is 1. The molecule has 0 fully saturated rings. The lowest BCUT2D eigenvalue weighted by molar-refractivity contribution is -0.145. The van der Waals surface area contributed by atoms with Crippen LogP contribution in [0.3, 0.4) is 0 Å². The van der Waals surface area contributed by atoms with Crippen LogP contribution in [0.1, 0.15) is 11.3 Å². The van der Waals surface area contributed by atoms with E-state index < -0.39 is 29.3 Å². The molecule has 0 aliphatic heterocycles. The van der Waals surface area contributed by atoms with E-state index in [-0.39, 0.29) is 4.68 Å². The smallest absolute Gasteiger partial charge is 0.227 e. The van der Waals surface area contributed by atoms with Crippen LogP contribution >= 0.6 is 0 Å². The molecule has 0 aliphatic rings. The fourth-order valence-corrected chi connectivity index (χ4v) is 1.55. The Morgan fingerprint density at radius 3 is 2.16 bits per heavy atom. The zero-order valence-electron chi connectivity index (χ0n) is 9.05. The molecule has 0 atom stereocenters. The van der Waals surface area contributed by atoms with Crippen molar-refractivity contribution in [1.29, 1.82) is 0 Å². The van der Waals surface area contributed by atoms with Crippen molar-refractivity contribution >= 4 is 0 Å². The summed E-state index contributed by atoms with van der Waals surface area (Å²) in [6.07, 6.45) is -8.93. The molecule has 0 N–H and O–H groups in total. The second-order valence-corrected chi connectivity index (χ2v) is 3.56. The molecule has 19 heavy (non-hydrogen) atoms. The normalized spacial score (nSPS) is 12.7. The first-order valence-electron chi connectivity index (χ1n) is 4.91. The fourth-order valence-electron chi connectivity index (χ4n) is 1.55. The topological polar surface area (TPSA) is 17.8 Å². The van der Waals surface area contributed by atoms with Gasteiger partial charge >= 0.3 is 12.4 Å². The van der Waals surface area contributed by atoms with E-state index in [2.05, 4.69) is 5.10 Å². The largest absolute Gasteiger partial charge is 0.434 e. The molecule has 2 aromatic rings. The van der Waals surface area contributed by atoms with E-state index in [0.29, 0.717) is 12.3 Å². The number of nitrogens with zero attached hydrogens (tertiary/aromatic N) is 2. The number of halogens is 6. The molecule has 0 unspecified atom stereocenters. The maximum atomic E-state index is 12.7. The summed E-state index contributed by atoms with van der Waals surface area (Å²) in [7, 11) is 0. The van der Waals surface area contributed by atoms with Gasteiger partial charge in [-0.2, -0.15) is 31.4 Å². The maximum Gasteiger partial charge on any atom is 0.434 e. The molecule has 1 radical (unpaired) electrons. The van der Waals surface area contributed by atoms with Crippen LogP contribution in [0.5, 0.6) is 0 Å². The lowest BCUT2D eigenvalue weighted by Crippen LogP contribution is -2.17. The zero-order chi connectivity index (χ0) is 14.3. The quantitative estimate of drug-likeness (QED) is 0.728. The van der Waals surface area contributed by atoms with Gasteiger partial charge in [-0.25, -0.2) is 4.68 Å². The van der Waals surface area contributed by atoms with Gasteiger partial charge in [-0.3, -0.25) is 0 Å². The van der Waals surface area contributed by atoms with Crippen LogP contribution in [0.15, 0.2) is 30.5 Å². The average molecular weight is 279 g/mol. The fraction of sp³-hybridized carbons (Fsp3) is 0.182. The summed E-state index contributed by atoms with van der Waals surface area (Å²) in [4.78, 5) is 0. The predicted octanol–water partition coefficient (Wildman–Crippen LogP) is 3.71. The summed E-state index contributed by atoms with van der Waals surface area (Å²) in [5.74, 6) is 0. The first-order valence-corrected chi connectivity index (χ1v) is 4.91. The van der Waals surface area contributed by atoms with Crippen LogP contribution in [0.25, 0.3) is 5.69 Å². The second-order valence-electron chi connectivity index (χ2n) is 3.56. The maximum absolute atomic E-state index is 12.7. The Hall–Kier alpha value is -1.99. The highest BCUT2D eigenvalue weighted by atomic mass is 19.4. The molecule has 0 amide bonds. The molecule has 2 nitrogen and oxygen atoms in total. The average Bonchev–Trinajstić information content (AvgIpc) is 2.76. The first kappa shape index (κ1) is 13.4. The second kappa shape index (κ2) is 4.29. The first-order chi connectivity index (χ1) is 8.71. The number of benzene rings is 1. The van der Waals surface area contributed by atoms with Gasteiger partial charge in [-0.1, -0.05) is 12.1 Å². The van der Waals surface area contributed by atoms with E-state index in [1.807, 2.05) is 0 Å². The molecule has 101 valence electrons. The lowest BCUT2D eigenvalue weighted by Gasteiger charge is -2.15. The third-order valence-corrected chi connectivity index (χ3v) is 2.29. The molecule has 8 heteroatoms. The summed E-state index contributed by atoms with van der Waals surface area (Å²) >= 11 is 0. The molecule has 0 aliphatic carbocycles. The number of alkyl halides is 6. The Balaban J connectivity index is 2.65. The van der Waals surface area contributed by atoms with E-state index in [1.54, 1.807) is 6.07 Å². The van der Waals surface area contributed by atoms with Gasteiger partial charge < -0.3 is 0 Å². The Bertz CT molecular complexity index is 581. The van der Waals surface area contributed by atoms with Crippen molar-refractivity contribution in [1.82, 2.24) is 9.78 Å². The summed E-state index contributed by atoms with van der Waals surface area (Å²) in [5.41, 5.74) is -3.27. The molecule has 0 saturated heterocycles. The Kier molecular flexibility index (Phi) is 3.03. The van der Waals surface area contributed by atoms with Crippen molar-refractivity contribution in [2.24, 2.45) is 0 Å². The predicted molar refractivity (Wildman–Crippen MR) is 52.4 cm³/mol. The molecule has 0 spiro atoms. The number of para-hydroxylation sites is 1. The molecular weight excluding hydrogens is 274 g/mol. The Labute approximate surface area is 103 Å². The van der Waals surface area contributed by atoms with Gasteiger partial charge in [0.1, 0.15) is 0 Å². The van der Waals surface area contributed by atoms with Crippen molar-refractivity contribution < 1.29 is 26.3 Å². The summed E-state index contributed by atoms with van der Waals surface area (Å²) in [6.45, 7) is 0. The Morgan fingerprint density at radius 1 is 0.947 bits per heavy atom. The highest BCUT2D eigenvalue weighted by Gasteiger charge is 2.39. The zero-order valence-corrected chi connectivity index (χ0v) is 9.05. The van der Waals surface area contributed by atoms with Crippen LogP contribution in [-0.4, -0.2) is 9.78 Å². The van der Waals surface area contributed by atoms with Crippen LogP contribution in [0.2, 0.25) is 0 Å². The number of hydrogen-bond donors (Lipinski definition) is 0. The van der Waals surface area contributed by atoms with E-state index in [9.17, 15) is 26.3 Å². The molecule has 0 saturated carbocycles. The van der Waals surface area contributed by atoms with Gasteiger partial charge in [0.25, 0.3) is 0 Å². The van der Waals surface area contributed by atoms with Gasteiger partial charge in [-0.05, 0) is 12.1 Å². The third kappa shape index (κ3) is 2.56. The van der Waals surface area contributed by atoms with Crippen molar-refractivity contribution in [2.45, 2.75) is 12.4 Å². The highest BCUT2D eigenvalue weighted by Crippen LogP contribution is 2.36. The summed E-state index contributed by atoms with van der Waals surface area (Å²) in [6, 6.07) is 5.68. The molecule has 2 rings (SSSR count). The third-order valence-electron chi connectivity index (χ3n) is 2.29. The Morgan fingerprint density at radius 2 is 1.58 bits per heavy atom. The summed E-state index contributed by atoms with van der Waals surface area (Å²) < 4.78 is 76.3. The van der Waals surface area contributed by atoms with Gasteiger partial charge in [0.15, 0.2) is 5.69 Å². The monoisotopic (exact) mass is 279 g/mol. The molecular formula is C11H5F6N2. The van der Waals surface area contributed by atoms with Crippen LogP contribution in [0.4, 0.5) is 26.3 Å². The van der Waals surface area contributed by atoms with Crippen molar-refractivity contribution in [3.8, 4) is 5.69 Å². The summed E-state index contributed by atoms with van der Waals surface area (Å²) in [5, 5.41) is 3.27. The number of rotatable bonds is 1. The van der Waals surface area contributed by atoms with E-state index in [4.69, 9.17) is 0 Å². The minimum atomic E-state index is -4.84. The van der Waals surface area contributed by atoms with E-state index >= 15 is 0 Å². The van der Waals surface area contributed by atoms with Gasteiger partial charge in [0.05, 0.1) is 17.4 Å². The minimum Gasteiger partial charge on any atom is -0.227 e. The van der Waals surface area contributed by atoms with Gasteiger partial charge in [0.2, 0.25) is 0 Å². The highest BCUT2D eigenvalue weighted by molar-refractivity contribution is 5.43.